The predicted molar refractivity (Wildman–Crippen MR) is 59.6 cm³/mol. The molecule has 1 aromatic heterocycles. The van der Waals surface area contributed by atoms with E-state index in [1.807, 2.05) is 32.9 Å². The predicted octanol–water partition coefficient (Wildman–Crippen LogP) is 2.09. The summed E-state index contributed by atoms with van der Waals surface area (Å²) in [5.74, 6) is 0.270. The molecule has 2 atom stereocenters. The number of hydrogen-bond donors (Lipinski definition) is 1. The number of aromatic nitrogens is 1. The monoisotopic (exact) mass is 209 g/mol. The summed E-state index contributed by atoms with van der Waals surface area (Å²) in [6, 6.07) is 3.78. The maximum atomic E-state index is 10.1. The summed E-state index contributed by atoms with van der Waals surface area (Å²) in [5, 5.41) is 10.1. The maximum Gasteiger partial charge on any atom is 0.107 e. The standard InChI is InChI=1S/C12H19NO2/c1-8(2)12(15-4)11(14)10-6-5-9(3)13-7-10/h5-8,11-12,14H,1-4H3. The SMILES string of the molecule is COC(C(C)C)C(O)c1ccc(C)nc1. The molecular weight excluding hydrogens is 190 g/mol. The summed E-state index contributed by atoms with van der Waals surface area (Å²) in [6.45, 7) is 5.98. The Kier molecular flexibility index (Phi) is 4.24. The summed E-state index contributed by atoms with van der Waals surface area (Å²) in [4.78, 5) is 4.16. The van der Waals surface area contributed by atoms with Crippen LogP contribution in [0.5, 0.6) is 0 Å². The van der Waals surface area contributed by atoms with Crippen LogP contribution >= 0.6 is 0 Å². The fourth-order valence-electron chi connectivity index (χ4n) is 1.61. The molecule has 15 heavy (non-hydrogen) atoms. The highest BCUT2D eigenvalue weighted by Crippen LogP contribution is 2.23. The van der Waals surface area contributed by atoms with Crippen LogP contribution in [0.4, 0.5) is 0 Å². The second-order valence-electron chi connectivity index (χ2n) is 4.12. The molecular formula is C12H19NO2. The van der Waals surface area contributed by atoms with Crippen molar-refractivity contribution in [3.63, 3.8) is 0 Å². The molecule has 0 aliphatic rings. The number of pyridine rings is 1. The van der Waals surface area contributed by atoms with E-state index in [2.05, 4.69) is 4.98 Å². The van der Waals surface area contributed by atoms with E-state index < -0.39 is 6.10 Å². The van der Waals surface area contributed by atoms with Crippen LogP contribution in [0.1, 0.15) is 31.2 Å². The first kappa shape index (κ1) is 12.1. The lowest BCUT2D eigenvalue weighted by molar-refractivity contribution is -0.0392. The van der Waals surface area contributed by atoms with Crippen LogP contribution in [0.3, 0.4) is 0 Å². The van der Waals surface area contributed by atoms with Crippen LogP contribution in [0.25, 0.3) is 0 Å². The highest BCUT2D eigenvalue weighted by molar-refractivity contribution is 5.16. The average Bonchev–Trinajstić information content (AvgIpc) is 2.19. The van der Waals surface area contributed by atoms with Crippen LogP contribution < -0.4 is 0 Å². The minimum atomic E-state index is -0.608. The number of aryl methyl sites for hydroxylation is 1. The molecule has 1 heterocycles. The molecule has 0 aliphatic carbocycles. The highest BCUT2D eigenvalue weighted by atomic mass is 16.5. The van der Waals surface area contributed by atoms with Crippen molar-refractivity contribution in [3.8, 4) is 0 Å². The highest BCUT2D eigenvalue weighted by Gasteiger charge is 2.23. The van der Waals surface area contributed by atoms with Crippen LogP contribution in [-0.4, -0.2) is 23.3 Å². The van der Waals surface area contributed by atoms with Crippen LogP contribution in [0, 0.1) is 12.8 Å². The summed E-state index contributed by atoms with van der Waals surface area (Å²) in [5.41, 5.74) is 1.76. The van der Waals surface area contributed by atoms with E-state index in [0.717, 1.165) is 11.3 Å². The summed E-state index contributed by atoms with van der Waals surface area (Å²) < 4.78 is 5.28. The molecule has 3 heteroatoms. The van der Waals surface area contributed by atoms with E-state index >= 15 is 0 Å². The first-order chi connectivity index (χ1) is 7.06. The zero-order chi connectivity index (χ0) is 11.4. The lowest BCUT2D eigenvalue weighted by Gasteiger charge is -2.25. The van der Waals surface area contributed by atoms with Crippen LogP contribution in [0.15, 0.2) is 18.3 Å². The molecule has 0 aliphatic heterocycles. The number of aliphatic hydroxyl groups excluding tert-OH is 1. The van der Waals surface area contributed by atoms with Crippen molar-refractivity contribution in [1.82, 2.24) is 4.98 Å². The minimum absolute atomic E-state index is 0.186. The number of ether oxygens (including phenoxy) is 1. The third-order valence-electron chi connectivity index (χ3n) is 2.52. The number of hydrogen-bond acceptors (Lipinski definition) is 3. The van der Waals surface area contributed by atoms with Crippen molar-refractivity contribution in [2.75, 3.05) is 7.11 Å². The summed E-state index contributed by atoms with van der Waals surface area (Å²) in [6.07, 6.45) is 0.909. The van der Waals surface area contributed by atoms with Crippen molar-refractivity contribution in [3.05, 3.63) is 29.6 Å². The molecule has 1 aromatic rings. The van der Waals surface area contributed by atoms with Gasteiger partial charge in [-0.3, -0.25) is 4.98 Å². The molecule has 0 spiro atoms. The van der Waals surface area contributed by atoms with Gasteiger partial charge in [-0.15, -0.1) is 0 Å². The molecule has 0 saturated carbocycles. The van der Waals surface area contributed by atoms with Crippen LogP contribution in [-0.2, 0) is 4.74 Å². The molecule has 0 aromatic carbocycles. The van der Waals surface area contributed by atoms with E-state index in [0.29, 0.717) is 0 Å². The van der Waals surface area contributed by atoms with Gasteiger partial charge in [0.15, 0.2) is 0 Å². The van der Waals surface area contributed by atoms with Gasteiger partial charge in [-0.1, -0.05) is 19.9 Å². The third-order valence-corrected chi connectivity index (χ3v) is 2.52. The molecule has 3 nitrogen and oxygen atoms in total. The largest absolute Gasteiger partial charge is 0.386 e. The van der Waals surface area contributed by atoms with Crippen LogP contribution in [0.2, 0.25) is 0 Å². The smallest absolute Gasteiger partial charge is 0.107 e. The molecule has 2 unspecified atom stereocenters. The quantitative estimate of drug-likeness (QED) is 0.825. The molecule has 0 saturated heterocycles. The van der Waals surface area contributed by atoms with Gasteiger partial charge in [-0.2, -0.15) is 0 Å². The van der Waals surface area contributed by atoms with Gasteiger partial charge in [0, 0.05) is 24.6 Å². The Morgan fingerprint density at radius 2 is 2.00 bits per heavy atom. The molecule has 0 bridgehead atoms. The molecule has 84 valence electrons. The van der Waals surface area contributed by atoms with Gasteiger partial charge >= 0.3 is 0 Å². The Morgan fingerprint density at radius 1 is 1.33 bits per heavy atom. The molecule has 0 amide bonds. The van der Waals surface area contributed by atoms with Gasteiger partial charge in [-0.25, -0.2) is 0 Å². The van der Waals surface area contributed by atoms with E-state index in [4.69, 9.17) is 4.74 Å². The molecule has 0 fully saturated rings. The number of aliphatic hydroxyl groups is 1. The fourth-order valence-corrected chi connectivity index (χ4v) is 1.61. The van der Waals surface area contributed by atoms with E-state index in [1.165, 1.54) is 0 Å². The van der Waals surface area contributed by atoms with Gasteiger partial charge in [0.25, 0.3) is 0 Å². The molecule has 0 radical (unpaired) electrons. The van der Waals surface area contributed by atoms with Crippen molar-refractivity contribution in [2.24, 2.45) is 5.92 Å². The maximum absolute atomic E-state index is 10.1. The lowest BCUT2D eigenvalue weighted by Crippen LogP contribution is -2.26. The summed E-state index contributed by atoms with van der Waals surface area (Å²) >= 11 is 0. The van der Waals surface area contributed by atoms with Gasteiger partial charge in [-0.05, 0) is 18.9 Å². The second kappa shape index (κ2) is 5.24. The first-order valence-corrected chi connectivity index (χ1v) is 5.19. The normalized spacial score (nSPS) is 15.3. The minimum Gasteiger partial charge on any atom is -0.386 e. The lowest BCUT2D eigenvalue weighted by atomic mass is 9.97. The topological polar surface area (TPSA) is 42.4 Å². The molecule has 1 rings (SSSR count). The second-order valence-corrected chi connectivity index (χ2v) is 4.12. The van der Waals surface area contributed by atoms with Gasteiger partial charge in [0.2, 0.25) is 0 Å². The van der Waals surface area contributed by atoms with Crippen molar-refractivity contribution in [1.29, 1.82) is 0 Å². The van der Waals surface area contributed by atoms with Crippen molar-refractivity contribution in [2.45, 2.75) is 33.0 Å². The third kappa shape index (κ3) is 3.01. The van der Waals surface area contributed by atoms with E-state index in [1.54, 1.807) is 13.3 Å². The summed E-state index contributed by atoms with van der Waals surface area (Å²) in [7, 11) is 1.62. The Bertz CT molecular complexity index is 295. The molecule has 1 N–H and O–H groups in total. The Morgan fingerprint density at radius 3 is 2.40 bits per heavy atom. The Labute approximate surface area is 91.1 Å². The van der Waals surface area contributed by atoms with Gasteiger partial charge in [0.05, 0.1) is 6.10 Å². The van der Waals surface area contributed by atoms with Gasteiger partial charge in [0.1, 0.15) is 6.10 Å². The first-order valence-electron chi connectivity index (χ1n) is 5.19. The van der Waals surface area contributed by atoms with Crippen molar-refractivity contribution >= 4 is 0 Å². The van der Waals surface area contributed by atoms with Crippen molar-refractivity contribution < 1.29 is 9.84 Å². The zero-order valence-electron chi connectivity index (χ0n) is 9.77. The Balaban J connectivity index is 2.82. The van der Waals surface area contributed by atoms with E-state index in [9.17, 15) is 5.11 Å². The number of nitrogens with zero attached hydrogens (tertiary/aromatic N) is 1. The fraction of sp³-hybridized carbons (Fsp3) is 0.583. The Hall–Kier alpha value is -0.930. The van der Waals surface area contributed by atoms with Gasteiger partial charge < -0.3 is 9.84 Å². The van der Waals surface area contributed by atoms with E-state index in [-0.39, 0.29) is 12.0 Å². The zero-order valence-corrected chi connectivity index (χ0v) is 9.77. The number of methoxy groups -OCH3 is 1. The number of rotatable bonds is 4. The average molecular weight is 209 g/mol.